The van der Waals surface area contributed by atoms with Gasteiger partial charge < -0.3 is 10.5 Å². The Labute approximate surface area is 108 Å². The van der Waals surface area contributed by atoms with Crippen molar-refractivity contribution in [2.75, 3.05) is 6.61 Å². The summed E-state index contributed by atoms with van der Waals surface area (Å²) in [5, 5.41) is 3.09. The van der Waals surface area contributed by atoms with Crippen LogP contribution in [0.5, 0.6) is 5.75 Å². The zero-order valence-corrected chi connectivity index (χ0v) is 10.7. The van der Waals surface area contributed by atoms with E-state index in [2.05, 4.69) is 11.2 Å². The predicted octanol–water partition coefficient (Wildman–Crippen LogP) is 1.05. The van der Waals surface area contributed by atoms with Crippen LogP contribution in [0.4, 0.5) is 0 Å². The van der Waals surface area contributed by atoms with Gasteiger partial charge in [-0.2, -0.15) is 0 Å². The fourth-order valence-corrected chi connectivity index (χ4v) is 1.31. The van der Waals surface area contributed by atoms with Gasteiger partial charge >= 0.3 is 0 Å². The van der Waals surface area contributed by atoms with Crippen molar-refractivity contribution in [1.29, 1.82) is 0 Å². The maximum atomic E-state index is 11.2. The summed E-state index contributed by atoms with van der Waals surface area (Å²) in [6, 6.07) is 7.52. The summed E-state index contributed by atoms with van der Waals surface area (Å²) in [7, 11) is 0. The number of hydrogen-bond donors (Lipinski definition) is 2. The molecule has 0 aromatic heterocycles. The van der Waals surface area contributed by atoms with Gasteiger partial charge in [-0.15, -0.1) is 6.42 Å². The van der Waals surface area contributed by atoms with Gasteiger partial charge in [0.15, 0.2) is 0 Å². The minimum Gasteiger partial charge on any atom is -0.481 e. The first-order valence-corrected chi connectivity index (χ1v) is 5.66. The van der Waals surface area contributed by atoms with Gasteiger partial charge in [-0.05, 0) is 19.9 Å². The van der Waals surface area contributed by atoms with Crippen LogP contribution >= 0.6 is 0 Å². The normalized spacial score (nSPS) is 10.7. The highest BCUT2D eigenvalue weighted by Crippen LogP contribution is 2.18. The smallest absolute Gasteiger partial charge is 0.237 e. The summed E-state index contributed by atoms with van der Waals surface area (Å²) in [5.41, 5.74) is 5.46. The number of hydrogen-bond acceptors (Lipinski definition) is 3. The molecule has 1 aromatic rings. The first-order chi connectivity index (χ1) is 8.47. The van der Waals surface area contributed by atoms with Crippen molar-refractivity contribution in [2.24, 2.45) is 5.73 Å². The second-order valence-corrected chi connectivity index (χ2v) is 4.44. The van der Waals surface area contributed by atoms with Crippen molar-refractivity contribution in [3.05, 3.63) is 29.8 Å². The van der Waals surface area contributed by atoms with Gasteiger partial charge in [-0.1, -0.05) is 24.1 Å². The summed E-state index contributed by atoms with van der Waals surface area (Å²) < 4.78 is 5.42. The molecule has 96 valence electrons. The fraction of sp³-hybridized carbons (Fsp3) is 0.357. The molecule has 18 heavy (non-hydrogen) atoms. The van der Waals surface area contributed by atoms with Crippen LogP contribution in [0.15, 0.2) is 24.3 Å². The lowest BCUT2D eigenvalue weighted by Gasteiger charge is -2.23. The van der Waals surface area contributed by atoms with E-state index < -0.39 is 11.4 Å². The van der Waals surface area contributed by atoms with Crippen LogP contribution in [0.25, 0.3) is 0 Å². The number of nitrogens with two attached hydrogens (primary N) is 1. The molecule has 0 fully saturated rings. The largest absolute Gasteiger partial charge is 0.481 e. The number of nitrogens with one attached hydrogen (secondary N) is 1. The molecule has 4 nitrogen and oxygen atoms in total. The van der Waals surface area contributed by atoms with E-state index in [0.29, 0.717) is 12.3 Å². The number of benzene rings is 1. The molecule has 0 saturated carbocycles. The Morgan fingerprint density at radius 1 is 1.50 bits per heavy atom. The molecule has 0 unspecified atom stereocenters. The van der Waals surface area contributed by atoms with Crippen LogP contribution in [0.3, 0.4) is 0 Å². The lowest BCUT2D eigenvalue weighted by Crippen LogP contribution is -2.50. The zero-order chi connectivity index (χ0) is 13.6. The number of primary amides is 1. The topological polar surface area (TPSA) is 64.3 Å². The van der Waals surface area contributed by atoms with Crippen LogP contribution in [0.1, 0.15) is 19.4 Å². The highest BCUT2D eigenvalue weighted by atomic mass is 16.5. The maximum absolute atomic E-state index is 11.2. The Kier molecular flexibility index (Phi) is 4.75. The van der Waals surface area contributed by atoms with Gasteiger partial charge in [0, 0.05) is 12.1 Å². The van der Waals surface area contributed by atoms with Crippen LogP contribution in [-0.2, 0) is 11.3 Å². The lowest BCUT2D eigenvalue weighted by atomic mass is 10.0. The third-order valence-electron chi connectivity index (χ3n) is 2.62. The number of rotatable bonds is 6. The summed E-state index contributed by atoms with van der Waals surface area (Å²) in [6.07, 6.45) is 5.16. The first-order valence-electron chi connectivity index (χ1n) is 5.66. The van der Waals surface area contributed by atoms with Gasteiger partial charge in [0.1, 0.15) is 12.4 Å². The maximum Gasteiger partial charge on any atom is 0.237 e. The highest BCUT2D eigenvalue weighted by Gasteiger charge is 2.24. The number of ether oxygens (including phenoxy) is 1. The van der Waals surface area contributed by atoms with E-state index in [1.54, 1.807) is 13.8 Å². The van der Waals surface area contributed by atoms with E-state index in [-0.39, 0.29) is 6.61 Å². The van der Waals surface area contributed by atoms with Crippen LogP contribution in [-0.4, -0.2) is 18.1 Å². The Bertz CT molecular complexity index is 461. The molecular weight excluding hydrogens is 228 g/mol. The van der Waals surface area contributed by atoms with Crippen LogP contribution in [0, 0.1) is 12.3 Å². The van der Waals surface area contributed by atoms with Crippen molar-refractivity contribution in [3.63, 3.8) is 0 Å². The molecule has 1 rings (SSSR count). The van der Waals surface area contributed by atoms with Crippen molar-refractivity contribution in [3.8, 4) is 18.1 Å². The second kappa shape index (κ2) is 6.08. The summed E-state index contributed by atoms with van der Waals surface area (Å²) in [4.78, 5) is 11.2. The molecule has 0 radical (unpaired) electrons. The van der Waals surface area contributed by atoms with Crippen LogP contribution in [0.2, 0.25) is 0 Å². The average Bonchev–Trinajstić information content (AvgIpc) is 2.34. The van der Waals surface area contributed by atoms with Crippen molar-refractivity contribution in [2.45, 2.75) is 25.9 Å². The molecule has 0 aliphatic carbocycles. The number of carbonyl (C=O) groups excluding carboxylic acids is 1. The third-order valence-corrected chi connectivity index (χ3v) is 2.62. The van der Waals surface area contributed by atoms with E-state index in [1.165, 1.54) is 0 Å². The SMILES string of the molecule is C#CCOc1ccccc1CNC(C)(C)C(N)=O. The molecule has 4 heteroatoms. The molecule has 0 saturated heterocycles. The van der Waals surface area contributed by atoms with E-state index in [1.807, 2.05) is 24.3 Å². The average molecular weight is 246 g/mol. The summed E-state index contributed by atoms with van der Waals surface area (Å²) in [6.45, 7) is 4.17. The molecule has 0 bridgehead atoms. The van der Waals surface area contributed by atoms with Crippen molar-refractivity contribution in [1.82, 2.24) is 5.32 Å². The molecule has 0 spiro atoms. The molecule has 0 heterocycles. The van der Waals surface area contributed by atoms with Gasteiger partial charge in [0.05, 0.1) is 5.54 Å². The molecule has 0 aliphatic heterocycles. The Morgan fingerprint density at radius 3 is 2.78 bits per heavy atom. The van der Waals surface area contributed by atoms with E-state index >= 15 is 0 Å². The molecule has 0 atom stereocenters. The minimum absolute atomic E-state index is 0.218. The van der Waals surface area contributed by atoms with E-state index in [0.717, 1.165) is 5.56 Å². The Morgan fingerprint density at radius 2 is 2.17 bits per heavy atom. The first kappa shape index (κ1) is 14.1. The predicted molar refractivity (Wildman–Crippen MR) is 70.9 cm³/mol. The molecule has 1 aromatic carbocycles. The van der Waals surface area contributed by atoms with Crippen molar-refractivity contribution < 1.29 is 9.53 Å². The van der Waals surface area contributed by atoms with E-state index in [4.69, 9.17) is 16.9 Å². The Balaban J connectivity index is 2.73. The molecule has 0 aliphatic rings. The van der Waals surface area contributed by atoms with Crippen molar-refractivity contribution >= 4 is 5.91 Å². The molecule has 3 N–H and O–H groups in total. The molecular formula is C14H18N2O2. The summed E-state index contributed by atoms with van der Waals surface area (Å²) in [5.74, 6) is 2.73. The number of para-hydroxylation sites is 1. The van der Waals surface area contributed by atoms with Gasteiger partial charge in [-0.25, -0.2) is 0 Å². The third kappa shape index (κ3) is 3.79. The van der Waals surface area contributed by atoms with Crippen LogP contribution < -0.4 is 15.8 Å². The van der Waals surface area contributed by atoms with Gasteiger partial charge in [0.25, 0.3) is 0 Å². The monoisotopic (exact) mass is 246 g/mol. The quantitative estimate of drug-likeness (QED) is 0.737. The second-order valence-electron chi connectivity index (χ2n) is 4.44. The minimum atomic E-state index is -0.765. The standard InChI is InChI=1S/C14H18N2O2/c1-4-9-18-12-8-6-5-7-11(12)10-16-14(2,3)13(15)17/h1,5-8,16H,9-10H2,2-3H3,(H2,15,17). The lowest BCUT2D eigenvalue weighted by molar-refractivity contribution is -0.123. The van der Waals surface area contributed by atoms with Gasteiger partial charge in [-0.3, -0.25) is 10.1 Å². The molecule has 1 amide bonds. The fourth-order valence-electron chi connectivity index (χ4n) is 1.31. The zero-order valence-electron chi connectivity index (χ0n) is 10.7. The summed E-state index contributed by atoms with van der Waals surface area (Å²) >= 11 is 0. The highest BCUT2D eigenvalue weighted by molar-refractivity contribution is 5.83. The van der Waals surface area contributed by atoms with Gasteiger partial charge in [0.2, 0.25) is 5.91 Å². The number of amides is 1. The van der Waals surface area contributed by atoms with E-state index in [9.17, 15) is 4.79 Å². The number of carbonyl (C=O) groups is 1. The Hall–Kier alpha value is -1.99. The number of terminal acetylenes is 1.